The first kappa shape index (κ1) is 15.6. The lowest BCUT2D eigenvalue weighted by Crippen LogP contribution is -2.38. The number of carbonyl (C=O) groups excluding carboxylic acids is 1. The van der Waals surface area contributed by atoms with Gasteiger partial charge in [-0.1, -0.05) is 6.92 Å². The molecule has 0 spiro atoms. The molecule has 1 amide bonds. The fourth-order valence-electron chi connectivity index (χ4n) is 1.97. The van der Waals surface area contributed by atoms with Crippen molar-refractivity contribution in [1.29, 1.82) is 0 Å². The molecule has 0 bridgehead atoms. The molecule has 2 N–H and O–H groups in total. The van der Waals surface area contributed by atoms with Crippen molar-refractivity contribution in [3.05, 3.63) is 29.1 Å². The first-order valence-corrected chi connectivity index (χ1v) is 7.19. The van der Waals surface area contributed by atoms with Crippen LogP contribution in [0.2, 0.25) is 0 Å². The van der Waals surface area contributed by atoms with Crippen LogP contribution in [0, 0.1) is 19.7 Å². The quantitative estimate of drug-likeness (QED) is 0.875. The average molecular weight is 288 g/mol. The summed E-state index contributed by atoms with van der Waals surface area (Å²) in [5.74, 6) is -1.23. The summed E-state index contributed by atoms with van der Waals surface area (Å²) in [6, 6.07) is 2.30. The van der Waals surface area contributed by atoms with E-state index in [1.54, 1.807) is 6.92 Å². The second kappa shape index (κ2) is 5.66. The van der Waals surface area contributed by atoms with Crippen LogP contribution in [0.4, 0.5) is 4.39 Å². The van der Waals surface area contributed by atoms with E-state index in [1.807, 2.05) is 0 Å². The highest BCUT2D eigenvalue weighted by molar-refractivity contribution is 7.89. The smallest absolute Gasteiger partial charge is 0.244 e. The third-order valence-electron chi connectivity index (χ3n) is 2.71. The summed E-state index contributed by atoms with van der Waals surface area (Å²) in [5, 5.41) is 0. The van der Waals surface area contributed by atoms with Crippen LogP contribution in [0.3, 0.4) is 0 Å². The summed E-state index contributed by atoms with van der Waals surface area (Å²) < 4.78 is 39.1. The second-order valence-corrected chi connectivity index (χ2v) is 6.14. The molecule has 0 aliphatic carbocycles. The molecule has 1 aromatic carbocycles. The standard InChI is InChI=1S/C12H17FN2O3S/c1-4-15(7-11(14)16)19(17,18)12-8(2)5-10(13)6-9(12)3/h5-6H,4,7H2,1-3H3,(H2,14,16). The monoisotopic (exact) mass is 288 g/mol. The van der Waals surface area contributed by atoms with E-state index in [-0.39, 0.29) is 11.4 Å². The van der Waals surface area contributed by atoms with Gasteiger partial charge in [-0.15, -0.1) is 0 Å². The highest BCUT2D eigenvalue weighted by Crippen LogP contribution is 2.24. The maximum absolute atomic E-state index is 13.2. The number of rotatable bonds is 5. The van der Waals surface area contributed by atoms with Crippen molar-refractivity contribution >= 4 is 15.9 Å². The van der Waals surface area contributed by atoms with Crippen molar-refractivity contribution in [3.63, 3.8) is 0 Å². The number of sulfonamides is 1. The molecule has 7 heteroatoms. The molecule has 1 aromatic rings. The van der Waals surface area contributed by atoms with E-state index in [0.29, 0.717) is 11.1 Å². The summed E-state index contributed by atoms with van der Waals surface area (Å²) in [4.78, 5) is 11.0. The summed E-state index contributed by atoms with van der Waals surface area (Å²) in [6.07, 6.45) is 0. The molecule has 106 valence electrons. The van der Waals surface area contributed by atoms with Gasteiger partial charge in [-0.25, -0.2) is 12.8 Å². The number of hydrogen-bond acceptors (Lipinski definition) is 3. The van der Waals surface area contributed by atoms with Crippen LogP contribution >= 0.6 is 0 Å². The number of benzene rings is 1. The van der Waals surface area contributed by atoms with Crippen LogP contribution in [0.25, 0.3) is 0 Å². The van der Waals surface area contributed by atoms with E-state index in [0.717, 1.165) is 16.4 Å². The molecule has 0 atom stereocenters. The molecule has 0 fully saturated rings. The summed E-state index contributed by atoms with van der Waals surface area (Å²) >= 11 is 0. The minimum atomic E-state index is -3.86. The Balaban J connectivity index is 3.38. The molecule has 19 heavy (non-hydrogen) atoms. The number of primary amides is 1. The fourth-order valence-corrected chi connectivity index (χ4v) is 3.80. The predicted octanol–water partition coefficient (Wildman–Crippen LogP) is 0.938. The van der Waals surface area contributed by atoms with E-state index in [2.05, 4.69) is 0 Å². The minimum Gasteiger partial charge on any atom is -0.369 e. The lowest BCUT2D eigenvalue weighted by Gasteiger charge is -2.21. The highest BCUT2D eigenvalue weighted by Gasteiger charge is 2.28. The Hall–Kier alpha value is -1.47. The van der Waals surface area contributed by atoms with Crippen LogP contribution in [-0.2, 0) is 14.8 Å². The zero-order valence-electron chi connectivity index (χ0n) is 11.1. The molecule has 1 rings (SSSR count). The lowest BCUT2D eigenvalue weighted by molar-refractivity contribution is -0.118. The van der Waals surface area contributed by atoms with Gasteiger partial charge in [0.2, 0.25) is 15.9 Å². The Morgan fingerprint density at radius 2 is 1.79 bits per heavy atom. The maximum Gasteiger partial charge on any atom is 0.244 e. The number of halogens is 1. The Bertz CT molecular complexity index is 576. The Labute approximate surface area is 112 Å². The lowest BCUT2D eigenvalue weighted by atomic mass is 10.1. The number of nitrogens with zero attached hydrogens (tertiary/aromatic N) is 1. The topological polar surface area (TPSA) is 80.5 Å². The van der Waals surface area contributed by atoms with Gasteiger partial charge in [0, 0.05) is 6.54 Å². The first-order valence-electron chi connectivity index (χ1n) is 5.75. The molecule has 0 saturated carbocycles. The number of carbonyl (C=O) groups is 1. The molecule has 0 aromatic heterocycles. The first-order chi connectivity index (χ1) is 8.70. The van der Waals surface area contributed by atoms with Crippen molar-refractivity contribution in [2.24, 2.45) is 5.73 Å². The van der Waals surface area contributed by atoms with Gasteiger partial charge < -0.3 is 5.73 Å². The SMILES string of the molecule is CCN(CC(N)=O)S(=O)(=O)c1c(C)cc(F)cc1C. The van der Waals surface area contributed by atoms with E-state index in [9.17, 15) is 17.6 Å². The van der Waals surface area contributed by atoms with Gasteiger partial charge in [-0.05, 0) is 37.1 Å². The van der Waals surface area contributed by atoms with Crippen LogP contribution in [0.5, 0.6) is 0 Å². The van der Waals surface area contributed by atoms with Gasteiger partial charge in [0.25, 0.3) is 0 Å². The summed E-state index contributed by atoms with van der Waals surface area (Å²) in [5.41, 5.74) is 5.65. The van der Waals surface area contributed by atoms with Crippen molar-refractivity contribution in [1.82, 2.24) is 4.31 Å². The van der Waals surface area contributed by atoms with E-state index in [4.69, 9.17) is 5.73 Å². The van der Waals surface area contributed by atoms with Crippen molar-refractivity contribution in [2.75, 3.05) is 13.1 Å². The van der Waals surface area contributed by atoms with Gasteiger partial charge in [0.15, 0.2) is 0 Å². The minimum absolute atomic E-state index is 0.0250. The zero-order valence-corrected chi connectivity index (χ0v) is 11.9. The van der Waals surface area contributed by atoms with Crippen LogP contribution in [0.15, 0.2) is 17.0 Å². The summed E-state index contributed by atoms with van der Waals surface area (Å²) in [7, 11) is -3.86. The van der Waals surface area contributed by atoms with Gasteiger partial charge in [0.1, 0.15) is 5.82 Å². The molecule has 0 aliphatic rings. The fraction of sp³-hybridized carbons (Fsp3) is 0.417. The Morgan fingerprint density at radius 3 is 2.16 bits per heavy atom. The van der Waals surface area contributed by atoms with Gasteiger partial charge in [0.05, 0.1) is 11.4 Å². The maximum atomic E-state index is 13.2. The third kappa shape index (κ3) is 3.30. The van der Waals surface area contributed by atoms with E-state index in [1.165, 1.54) is 13.8 Å². The molecule has 0 aliphatic heterocycles. The van der Waals surface area contributed by atoms with Crippen LogP contribution in [0.1, 0.15) is 18.1 Å². The van der Waals surface area contributed by atoms with Crippen molar-refractivity contribution in [2.45, 2.75) is 25.7 Å². The number of aryl methyl sites for hydroxylation is 2. The van der Waals surface area contributed by atoms with Gasteiger partial charge in [-0.2, -0.15) is 4.31 Å². The number of nitrogens with two attached hydrogens (primary N) is 1. The second-order valence-electron chi connectivity index (χ2n) is 4.27. The van der Waals surface area contributed by atoms with Gasteiger partial charge >= 0.3 is 0 Å². The summed E-state index contributed by atoms with van der Waals surface area (Å²) in [6.45, 7) is 4.35. The molecular formula is C12H17FN2O3S. The molecular weight excluding hydrogens is 271 g/mol. The Kier molecular flexibility index (Phi) is 4.65. The predicted molar refractivity (Wildman–Crippen MR) is 69.5 cm³/mol. The third-order valence-corrected chi connectivity index (χ3v) is 4.93. The average Bonchev–Trinajstić information content (AvgIpc) is 2.23. The molecule has 0 radical (unpaired) electrons. The molecule has 5 nitrogen and oxygen atoms in total. The molecule has 0 saturated heterocycles. The van der Waals surface area contributed by atoms with E-state index >= 15 is 0 Å². The van der Waals surface area contributed by atoms with Crippen molar-refractivity contribution < 1.29 is 17.6 Å². The van der Waals surface area contributed by atoms with Gasteiger partial charge in [-0.3, -0.25) is 4.79 Å². The van der Waals surface area contributed by atoms with Crippen LogP contribution in [-0.4, -0.2) is 31.7 Å². The number of likely N-dealkylation sites (N-methyl/N-ethyl adjacent to an activating group) is 1. The van der Waals surface area contributed by atoms with E-state index < -0.39 is 28.3 Å². The molecule has 0 unspecified atom stereocenters. The number of hydrogen-bond donors (Lipinski definition) is 1. The molecule has 0 heterocycles. The Morgan fingerprint density at radius 1 is 1.32 bits per heavy atom. The largest absolute Gasteiger partial charge is 0.369 e. The van der Waals surface area contributed by atoms with Crippen LogP contribution < -0.4 is 5.73 Å². The van der Waals surface area contributed by atoms with Crippen molar-refractivity contribution in [3.8, 4) is 0 Å². The zero-order chi connectivity index (χ0) is 14.8. The highest BCUT2D eigenvalue weighted by atomic mass is 32.2. The number of amides is 1. The normalized spacial score (nSPS) is 11.8.